The number of aliphatic hydroxyl groups is 1. The summed E-state index contributed by atoms with van der Waals surface area (Å²) in [5.41, 5.74) is 2.09. The molecule has 1 N–H and O–H groups in total. The van der Waals surface area contributed by atoms with Crippen molar-refractivity contribution in [1.29, 1.82) is 0 Å². The van der Waals surface area contributed by atoms with Crippen molar-refractivity contribution >= 4 is 5.78 Å². The lowest BCUT2D eigenvalue weighted by molar-refractivity contribution is -0.125. The van der Waals surface area contributed by atoms with Gasteiger partial charge in [0.1, 0.15) is 5.75 Å². The number of pyridine rings is 1. The number of aromatic nitrogens is 3. The first-order valence-electron chi connectivity index (χ1n) is 7.75. The molecular weight excluding hydrogens is 318 g/mol. The van der Waals surface area contributed by atoms with Crippen molar-refractivity contribution in [2.24, 2.45) is 0 Å². The van der Waals surface area contributed by atoms with E-state index in [1.54, 1.807) is 24.4 Å². The van der Waals surface area contributed by atoms with Gasteiger partial charge in [-0.2, -0.15) is 0 Å². The number of hydrogen-bond donors (Lipinski definition) is 1. The van der Waals surface area contributed by atoms with Crippen LogP contribution in [0.2, 0.25) is 0 Å². The number of carbonyl (C=O) groups excluding carboxylic acids is 1. The monoisotopic (exact) mass is 335 g/mol. The highest BCUT2D eigenvalue weighted by Gasteiger charge is 2.15. The molecule has 6 heteroatoms. The molecule has 0 fully saturated rings. The zero-order valence-electron chi connectivity index (χ0n) is 13.9. The summed E-state index contributed by atoms with van der Waals surface area (Å²) in [6.45, 7) is 3.28. The number of aliphatic hydroxyl groups excluding tert-OH is 1. The van der Waals surface area contributed by atoms with Crippen molar-refractivity contribution in [3.63, 3.8) is 0 Å². The molecule has 3 rings (SSSR count). The molecule has 25 heavy (non-hydrogen) atoms. The number of carbonyl (C=O) groups is 1. The van der Waals surface area contributed by atoms with Crippen LogP contribution in [-0.4, -0.2) is 25.8 Å². The molecule has 0 unspecified atom stereocenters. The fourth-order valence-corrected chi connectivity index (χ4v) is 2.18. The molecule has 1 aromatic carbocycles. The first kappa shape index (κ1) is 16.7. The molecular formula is C19H17N3O3. The Bertz CT molecular complexity index is 877. The molecule has 3 aromatic rings. The van der Waals surface area contributed by atoms with Gasteiger partial charge in [-0.3, -0.25) is 4.79 Å². The van der Waals surface area contributed by atoms with Gasteiger partial charge in [-0.1, -0.05) is 6.07 Å². The molecule has 0 aliphatic carbocycles. The lowest BCUT2D eigenvalue weighted by atomic mass is 10.1. The number of nitrogens with zero attached hydrogens (tertiary/aromatic N) is 3. The second-order valence-electron chi connectivity index (χ2n) is 5.62. The van der Waals surface area contributed by atoms with Crippen molar-refractivity contribution in [3.05, 3.63) is 66.1 Å². The van der Waals surface area contributed by atoms with Gasteiger partial charge in [-0.15, -0.1) is 0 Å². The van der Waals surface area contributed by atoms with Crippen LogP contribution in [0.15, 0.2) is 54.9 Å². The predicted octanol–water partition coefficient (Wildman–Crippen LogP) is 3.26. The van der Waals surface area contributed by atoms with Crippen LogP contribution in [-0.2, 0) is 4.79 Å². The Kier molecular flexibility index (Phi) is 4.81. The average Bonchev–Trinajstić information content (AvgIpc) is 2.63. The lowest BCUT2D eigenvalue weighted by Gasteiger charge is -2.08. The zero-order valence-corrected chi connectivity index (χ0v) is 13.9. The van der Waals surface area contributed by atoms with Gasteiger partial charge in [0.15, 0.2) is 17.7 Å². The second kappa shape index (κ2) is 7.19. The Balaban J connectivity index is 1.79. The van der Waals surface area contributed by atoms with E-state index in [1.807, 2.05) is 25.1 Å². The van der Waals surface area contributed by atoms with Crippen molar-refractivity contribution < 1.29 is 14.6 Å². The molecule has 2 heterocycles. The van der Waals surface area contributed by atoms with E-state index in [4.69, 9.17) is 4.74 Å². The summed E-state index contributed by atoms with van der Waals surface area (Å²) in [5, 5.41) is 9.83. The van der Waals surface area contributed by atoms with Gasteiger partial charge in [0.05, 0.1) is 5.69 Å². The molecule has 2 aromatic heterocycles. The molecule has 0 bridgehead atoms. The first-order valence-corrected chi connectivity index (χ1v) is 7.75. The van der Waals surface area contributed by atoms with Crippen molar-refractivity contribution in [1.82, 2.24) is 15.0 Å². The third-order valence-electron chi connectivity index (χ3n) is 3.56. The molecule has 1 atom stereocenters. The maximum atomic E-state index is 11.3. The minimum Gasteiger partial charge on any atom is -0.439 e. The highest BCUT2D eigenvalue weighted by Crippen LogP contribution is 2.24. The number of Topliss-reactive ketones (excluding diaryl/α,β-unsaturated/α-hetero) is 1. The minimum absolute atomic E-state index is 0.279. The highest BCUT2D eigenvalue weighted by molar-refractivity contribution is 5.81. The third kappa shape index (κ3) is 4.05. The number of rotatable bonds is 5. The van der Waals surface area contributed by atoms with Crippen LogP contribution < -0.4 is 4.74 Å². The summed E-state index contributed by atoms with van der Waals surface area (Å²) in [7, 11) is 0. The van der Waals surface area contributed by atoms with E-state index in [2.05, 4.69) is 15.0 Å². The van der Waals surface area contributed by atoms with E-state index in [0.29, 0.717) is 17.5 Å². The fraction of sp³-hybridized carbons (Fsp3) is 0.158. The molecule has 0 aliphatic rings. The molecule has 0 aliphatic heterocycles. The first-order chi connectivity index (χ1) is 12.0. The van der Waals surface area contributed by atoms with Crippen LogP contribution in [0.5, 0.6) is 11.6 Å². The third-order valence-corrected chi connectivity index (χ3v) is 3.56. The minimum atomic E-state index is -1.24. The maximum absolute atomic E-state index is 11.3. The number of ether oxygens (including phenoxy) is 1. The topological polar surface area (TPSA) is 85.2 Å². The SMILES string of the molecule is CC(=O)[C@H](O)c1ccnc(-c2ccc(Oc3ccc(C)cn3)cc2)n1. The molecule has 0 spiro atoms. The zero-order chi connectivity index (χ0) is 17.8. The summed E-state index contributed by atoms with van der Waals surface area (Å²) in [4.78, 5) is 23.9. The van der Waals surface area contributed by atoms with Gasteiger partial charge < -0.3 is 9.84 Å². The smallest absolute Gasteiger partial charge is 0.219 e. The van der Waals surface area contributed by atoms with Gasteiger partial charge in [0, 0.05) is 24.0 Å². The molecule has 0 saturated heterocycles. The van der Waals surface area contributed by atoms with Crippen molar-refractivity contribution in [2.45, 2.75) is 20.0 Å². The summed E-state index contributed by atoms with van der Waals surface area (Å²) >= 11 is 0. The number of ketones is 1. The summed E-state index contributed by atoms with van der Waals surface area (Å²) < 4.78 is 5.68. The second-order valence-corrected chi connectivity index (χ2v) is 5.62. The Morgan fingerprint density at radius 1 is 1.08 bits per heavy atom. The van der Waals surface area contributed by atoms with Crippen LogP contribution in [0, 0.1) is 6.92 Å². The van der Waals surface area contributed by atoms with Crippen molar-refractivity contribution in [2.75, 3.05) is 0 Å². The highest BCUT2D eigenvalue weighted by atomic mass is 16.5. The number of benzene rings is 1. The van der Waals surface area contributed by atoms with Gasteiger partial charge in [-0.05, 0) is 49.7 Å². The fourth-order valence-electron chi connectivity index (χ4n) is 2.18. The molecule has 126 valence electrons. The van der Waals surface area contributed by atoms with Crippen LogP contribution in [0.1, 0.15) is 24.3 Å². The summed E-state index contributed by atoms with van der Waals surface area (Å²) in [6, 6.07) is 12.4. The van der Waals surface area contributed by atoms with Crippen LogP contribution in [0.4, 0.5) is 0 Å². The quantitative estimate of drug-likeness (QED) is 0.770. The van der Waals surface area contributed by atoms with Crippen LogP contribution >= 0.6 is 0 Å². The van der Waals surface area contributed by atoms with E-state index >= 15 is 0 Å². The van der Waals surface area contributed by atoms with Gasteiger partial charge >= 0.3 is 0 Å². The number of aryl methyl sites for hydroxylation is 1. The molecule has 6 nitrogen and oxygen atoms in total. The predicted molar refractivity (Wildman–Crippen MR) is 92.2 cm³/mol. The van der Waals surface area contributed by atoms with Crippen LogP contribution in [0.3, 0.4) is 0 Å². The maximum Gasteiger partial charge on any atom is 0.219 e. The lowest BCUT2D eigenvalue weighted by Crippen LogP contribution is -2.10. The molecule has 0 radical (unpaired) electrons. The molecule has 0 saturated carbocycles. The van der Waals surface area contributed by atoms with E-state index in [1.165, 1.54) is 19.2 Å². The largest absolute Gasteiger partial charge is 0.439 e. The Hall–Kier alpha value is -3.12. The van der Waals surface area contributed by atoms with Crippen molar-refractivity contribution in [3.8, 4) is 23.0 Å². The standard InChI is InChI=1S/C19H17N3O3/c1-12-3-8-17(21-11-12)25-15-6-4-14(5-7-15)19-20-10-9-16(22-19)18(24)13(2)23/h3-11,18,24H,1-2H3/t18-/m0/s1. The van der Waals surface area contributed by atoms with E-state index < -0.39 is 6.10 Å². The Morgan fingerprint density at radius 3 is 2.48 bits per heavy atom. The Labute approximate surface area is 145 Å². The van der Waals surface area contributed by atoms with E-state index in [9.17, 15) is 9.90 Å². The molecule has 0 amide bonds. The van der Waals surface area contributed by atoms with Gasteiger partial charge in [0.2, 0.25) is 5.88 Å². The summed E-state index contributed by atoms with van der Waals surface area (Å²) in [6.07, 6.45) is 2.02. The summed E-state index contributed by atoms with van der Waals surface area (Å²) in [5.74, 6) is 1.22. The number of hydrogen-bond acceptors (Lipinski definition) is 6. The van der Waals surface area contributed by atoms with Gasteiger partial charge in [-0.25, -0.2) is 15.0 Å². The van der Waals surface area contributed by atoms with Crippen LogP contribution in [0.25, 0.3) is 11.4 Å². The Morgan fingerprint density at radius 2 is 1.84 bits per heavy atom. The normalized spacial score (nSPS) is 11.8. The van der Waals surface area contributed by atoms with E-state index in [0.717, 1.165) is 11.1 Å². The van der Waals surface area contributed by atoms with Gasteiger partial charge in [0.25, 0.3) is 0 Å². The average molecular weight is 335 g/mol. The van der Waals surface area contributed by atoms with E-state index in [-0.39, 0.29) is 11.5 Å².